The maximum Gasteiger partial charge on any atom is 0.407 e. The van der Waals surface area contributed by atoms with E-state index in [0.29, 0.717) is 26.1 Å². The molecule has 0 aromatic carbocycles. The molecular weight excluding hydrogens is 222 g/mol. The van der Waals surface area contributed by atoms with Gasteiger partial charge in [0.25, 0.3) is 0 Å². The molecule has 1 aliphatic rings. The largest absolute Gasteiger partial charge is 0.465 e. The fraction of sp³-hybridized carbons (Fsp3) is 0.667. The van der Waals surface area contributed by atoms with Crippen LogP contribution < -0.4 is 0 Å². The van der Waals surface area contributed by atoms with Crippen molar-refractivity contribution in [2.45, 2.75) is 27.2 Å². The van der Waals surface area contributed by atoms with E-state index in [1.165, 1.54) is 11.0 Å². The number of carboxylic acid groups (broad SMARTS) is 1. The van der Waals surface area contributed by atoms with Crippen LogP contribution in [0, 0.1) is 5.41 Å². The number of likely N-dealkylation sites (tertiary alicyclic amines) is 1. The molecular formula is C12H19NO4. The zero-order valence-corrected chi connectivity index (χ0v) is 10.5. The molecule has 17 heavy (non-hydrogen) atoms. The number of ether oxygens (including phenoxy) is 1. The van der Waals surface area contributed by atoms with Gasteiger partial charge in [0, 0.05) is 24.6 Å². The maximum absolute atomic E-state index is 11.4. The van der Waals surface area contributed by atoms with E-state index in [1.54, 1.807) is 6.92 Å². The standard InChI is InChI=1S/C12H19NO4/c1-4-17-10(14)7-9-5-6-13(11(15)16)8-12(9,2)3/h7H,4-6,8H2,1-3H3,(H,15,16)/b9-7+. The van der Waals surface area contributed by atoms with Gasteiger partial charge in [0.2, 0.25) is 0 Å². The van der Waals surface area contributed by atoms with Gasteiger partial charge in [-0.15, -0.1) is 0 Å². The van der Waals surface area contributed by atoms with Gasteiger partial charge in [-0.25, -0.2) is 9.59 Å². The highest BCUT2D eigenvalue weighted by Gasteiger charge is 2.33. The van der Waals surface area contributed by atoms with Crippen LogP contribution in [0.5, 0.6) is 0 Å². The van der Waals surface area contributed by atoms with Crippen LogP contribution in [-0.2, 0) is 9.53 Å². The van der Waals surface area contributed by atoms with Crippen molar-refractivity contribution in [2.24, 2.45) is 5.41 Å². The summed E-state index contributed by atoms with van der Waals surface area (Å²) >= 11 is 0. The van der Waals surface area contributed by atoms with Crippen LogP contribution in [0.4, 0.5) is 4.79 Å². The summed E-state index contributed by atoms with van der Waals surface area (Å²) in [5, 5.41) is 8.94. The Morgan fingerprint density at radius 2 is 2.18 bits per heavy atom. The molecule has 1 saturated heterocycles. The molecule has 5 heteroatoms. The fourth-order valence-electron chi connectivity index (χ4n) is 2.01. The van der Waals surface area contributed by atoms with Crippen molar-refractivity contribution in [3.8, 4) is 0 Å². The molecule has 1 heterocycles. The number of esters is 1. The summed E-state index contributed by atoms with van der Waals surface area (Å²) in [6.07, 6.45) is 1.18. The van der Waals surface area contributed by atoms with E-state index in [1.807, 2.05) is 13.8 Å². The number of piperidine rings is 1. The minimum atomic E-state index is -0.909. The van der Waals surface area contributed by atoms with E-state index in [-0.39, 0.29) is 11.4 Å². The van der Waals surface area contributed by atoms with Crippen LogP contribution >= 0.6 is 0 Å². The van der Waals surface area contributed by atoms with Crippen LogP contribution in [0.2, 0.25) is 0 Å². The maximum atomic E-state index is 11.4. The van der Waals surface area contributed by atoms with Crippen LogP contribution in [-0.4, -0.2) is 41.8 Å². The summed E-state index contributed by atoms with van der Waals surface area (Å²) < 4.78 is 4.87. The Hall–Kier alpha value is -1.52. The van der Waals surface area contributed by atoms with Gasteiger partial charge in [-0.2, -0.15) is 0 Å². The first kappa shape index (κ1) is 13.5. The lowest BCUT2D eigenvalue weighted by atomic mass is 9.79. The highest BCUT2D eigenvalue weighted by atomic mass is 16.5. The summed E-state index contributed by atoms with van der Waals surface area (Å²) in [7, 11) is 0. The predicted molar refractivity (Wildman–Crippen MR) is 62.7 cm³/mol. The topological polar surface area (TPSA) is 66.8 Å². The molecule has 0 saturated carbocycles. The molecule has 5 nitrogen and oxygen atoms in total. The Morgan fingerprint density at radius 1 is 1.53 bits per heavy atom. The van der Waals surface area contributed by atoms with Gasteiger partial charge in [0.15, 0.2) is 0 Å². The average molecular weight is 241 g/mol. The summed E-state index contributed by atoms with van der Waals surface area (Å²) in [4.78, 5) is 23.7. The molecule has 1 amide bonds. The van der Waals surface area contributed by atoms with Crippen molar-refractivity contribution in [3.63, 3.8) is 0 Å². The van der Waals surface area contributed by atoms with Crippen LogP contribution in [0.1, 0.15) is 27.2 Å². The lowest BCUT2D eigenvalue weighted by Crippen LogP contribution is -2.44. The van der Waals surface area contributed by atoms with Crippen LogP contribution in [0.25, 0.3) is 0 Å². The van der Waals surface area contributed by atoms with Crippen molar-refractivity contribution < 1.29 is 19.4 Å². The third-order valence-corrected chi connectivity index (χ3v) is 2.96. The van der Waals surface area contributed by atoms with Gasteiger partial charge in [0.1, 0.15) is 0 Å². The van der Waals surface area contributed by atoms with E-state index >= 15 is 0 Å². The first-order valence-electron chi connectivity index (χ1n) is 5.72. The summed E-state index contributed by atoms with van der Waals surface area (Å²) in [6.45, 7) is 6.83. The zero-order valence-electron chi connectivity index (χ0n) is 10.5. The highest BCUT2D eigenvalue weighted by Crippen LogP contribution is 2.34. The minimum absolute atomic E-state index is 0.316. The first-order valence-corrected chi connectivity index (χ1v) is 5.72. The van der Waals surface area contributed by atoms with Crippen molar-refractivity contribution in [3.05, 3.63) is 11.6 Å². The second-order valence-electron chi connectivity index (χ2n) is 4.76. The predicted octanol–water partition coefficient (Wildman–Crippen LogP) is 1.89. The number of hydrogen-bond donors (Lipinski definition) is 1. The van der Waals surface area contributed by atoms with Crippen molar-refractivity contribution in [1.29, 1.82) is 0 Å². The van der Waals surface area contributed by atoms with E-state index in [0.717, 1.165) is 5.57 Å². The number of rotatable bonds is 2. The average Bonchev–Trinajstić information content (AvgIpc) is 2.20. The monoisotopic (exact) mass is 241 g/mol. The van der Waals surface area contributed by atoms with Gasteiger partial charge in [-0.3, -0.25) is 0 Å². The second kappa shape index (κ2) is 5.21. The van der Waals surface area contributed by atoms with E-state index < -0.39 is 6.09 Å². The summed E-state index contributed by atoms with van der Waals surface area (Å²) in [5.74, 6) is -0.348. The lowest BCUT2D eigenvalue weighted by molar-refractivity contribution is -0.137. The Morgan fingerprint density at radius 3 is 2.65 bits per heavy atom. The molecule has 0 atom stereocenters. The first-order chi connectivity index (χ1) is 7.86. The van der Waals surface area contributed by atoms with E-state index in [2.05, 4.69) is 0 Å². The zero-order chi connectivity index (χ0) is 13.1. The Bertz CT molecular complexity index is 346. The van der Waals surface area contributed by atoms with Crippen LogP contribution in [0.15, 0.2) is 11.6 Å². The van der Waals surface area contributed by atoms with Crippen molar-refractivity contribution in [2.75, 3.05) is 19.7 Å². The molecule has 0 unspecified atom stereocenters. The van der Waals surface area contributed by atoms with Crippen LogP contribution in [0.3, 0.4) is 0 Å². The molecule has 0 spiro atoms. The van der Waals surface area contributed by atoms with Gasteiger partial charge in [0.05, 0.1) is 6.61 Å². The van der Waals surface area contributed by atoms with Gasteiger partial charge in [-0.05, 0) is 13.3 Å². The SMILES string of the molecule is CCOC(=O)/C=C1\CCN(C(=O)O)CC1(C)C. The molecule has 0 radical (unpaired) electrons. The van der Waals surface area contributed by atoms with Gasteiger partial charge < -0.3 is 14.7 Å². The van der Waals surface area contributed by atoms with Gasteiger partial charge in [-0.1, -0.05) is 19.4 Å². The number of hydrogen-bond acceptors (Lipinski definition) is 3. The molecule has 0 aromatic rings. The van der Waals surface area contributed by atoms with E-state index in [9.17, 15) is 9.59 Å². The second-order valence-corrected chi connectivity index (χ2v) is 4.76. The minimum Gasteiger partial charge on any atom is -0.465 e. The molecule has 1 N–H and O–H groups in total. The van der Waals surface area contributed by atoms with Crippen molar-refractivity contribution in [1.82, 2.24) is 4.90 Å². The third kappa shape index (κ3) is 3.47. The quantitative estimate of drug-likeness (QED) is 0.592. The Labute approximate surface area is 101 Å². The van der Waals surface area contributed by atoms with E-state index in [4.69, 9.17) is 9.84 Å². The number of nitrogens with zero attached hydrogens (tertiary/aromatic N) is 1. The molecule has 1 fully saturated rings. The number of amides is 1. The summed E-state index contributed by atoms with van der Waals surface area (Å²) in [5.41, 5.74) is 0.636. The smallest absolute Gasteiger partial charge is 0.407 e. The Balaban J connectivity index is 2.77. The lowest BCUT2D eigenvalue weighted by Gasteiger charge is -2.38. The molecule has 0 aliphatic carbocycles. The summed E-state index contributed by atoms with van der Waals surface area (Å²) in [6, 6.07) is 0. The fourth-order valence-corrected chi connectivity index (χ4v) is 2.01. The molecule has 0 aromatic heterocycles. The molecule has 1 aliphatic heterocycles. The molecule has 1 rings (SSSR count). The number of carbonyl (C=O) groups excluding carboxylic acids is 1. The molecule has 0 bridgehead atoms. The number of carbonyl (C=O) groups is 2. The molecule has 96 valence electrons. The normalized spacial score (nSPS) is 21.4. The van der Waals surface area contributed by atoms with Gasteiger partial charge >= 0.3 is 12.1 Å². The third-order valence-electron chi connectivity index (χ3n) is 2.96. The highest BCUT2D eigenvalue weighted by molar-refractivity contribution is 5.83. The Kier molecular flexibility index (Phi) is 4.15. The van der Waals surface area contributed by atoms with Crippen molar-refractivity contribution >= 4 is 12.1 Å².